The number of piperazine rings is 1. The van der Waals surface area contributed by atoms with Crippen molar-refractivity contribution >= 4 is 17.5 Å². The zero-order valence-corrected chi connectivity index (χ0v) is 17.3. The third kappa shape index (κ3) is 5.11. The third-order valence-electron chi connectivity index (χ3n) is 5.85. The maximum atomic E-state index is 12.6. The highest BCUT2D eigenvalue weighted by Gasteiger charge is 2.27. The molecule has 0 unspecified atom stereocenters. The first kappa shape index (κ1) is 21.2. The SMILES string of the molecule is Cc1nn(CC(=O)N2CCN(CC(=O)N3CCCCCC3)CC2)c(C)c1[N+](=O)[O-]. The fourth-order valence-corrected chi connectivity index (χ4v) is 4.10. The Balaban J connectivity index is 1.49. The van der Waals surface area contributed by atoms with Gasteiger partial charge in [-0.25, -0.2) is 0 Å². The number of hydrogen-bond acceptors (Lipinski definition) is 6. The van der Waals surface area contributed by atoms with Crippen molar-refractivity contribution in [2.45, 2.75) is 46.1 Å². The van der Waals surface area contributed by atoms with E-state index in [1.54, 1.807) is 18.7 Å². The topological polar surface area (TPSA) is 105 Å². The van der Waals surface area contributed by atoms with E-state index in [0.717, 1.165) is 25.9 Å². The molecule has 0 saturated carbocycles. The molecule has 1 aromatic rings. The summed E-state index contributed by atoms with van der Waals surface area (Å²) in [5.41, 5.74) is 0.675. The van der Waals surface area contributed by atoms with Crippen LogP contribution in [0.2, 0.25) is 0 Å². The second-order valence-electron chi connectivity index (χ2n) is 7.89. The number of amides is 2. The molecule has 0 bridgehead atoms. The minimum atomic E-state index is -0.460. The largest absolute Gasteiger partial charge is 0.342 e. The van der Waals surface area contributed by atoms with Gasteiger partial charge in [-0.05, 0) is 26.7 Å². The lowest BCUT2D eigenvalue weighted by atomic mass is 10.2. The van der Waals surface area contributed by atoms with Crippen LogP contribution in [0.25, 0.3) is 0 Å². The molecule has 2 aliphatic rings. The van der Waals surface area contributed by atoms with Crippen LogP contribution in [0.3, 0.4) is 0 Å². The van der Waals surface area contributed by atoms with Gasteiger partial charge in [0.2, 0.25) is 11.8 Å². The van der Waals surface area contributed by atoms with Crippen LogP contribution in [0.15, 0.2) is 0 Å². The summed E-state index contributed by atoms with van der Waals surface area (Å²) in [5.74, 6) is 0.0746. The number of carbonyl (C=O) groups excluding carboxylic acids is 2. The smallest absolute Gasteiger partial charge is 0.312 e. The summed E-state index contributed by atoms with van der Waals surface area (Å²) in [6.45, 7) is 7.70. The van der Waals surface area contributed by atoms with Crippen LogP contribution in [-0.2, 0) is 16.1 Å². The maximum Gasteiger partial charge on any atom is 0.312 e. The molecule has 3 heterocycles. The molecule has 10 heteroatoms. The Labute approximate surface area is 170 Å². The van der Waals surface area contributed by atoms with Gasteiger partial charge in [-0.1, -0.05) is 12.8 Å². The first-order chi connectivity index (χ1) is 13.9. The molecule has 160 valence electrons. The van der Waals surface area contributed by atoms with E-state index in [1.165, 1.54) is 17.5 Å². The van der Waals surface area contributed by atoms with Crippen molar-refractivity contribution in [3.05, 3.63) is 21.5 Å². The van der Waals surface area contributed by atoms with Crippen LogP contribution in [0.5, 0.6) is 0 Å². The molecular weight excluding hydrogens is 376 g/mol. The van der Waals surface area contributed by atoms with E-state index in [1.807, 2.05) is 4.90 Å². The van der Waals surface area contributed by atoms with Crippen LogP contribution in [0.1, 0.15) is 37.1 Å². The van der Waals surface area contributed by atoms with Crippen LogP contribution < -0.4 is 0 Å². The van der Waals surface area contributed by atoms with Gasteiger partial charge < -0.3 is 9.80 Å². The lowest BCUT2D eigenvalue weighted by Crippen LogP contribution is -2.52. The van der Waals surface area contributed by atoms with Gasteiger partial charge in [0, 0.05) is 39.3 Å². The predicted octanol–water partition coefficient (Wildman–Crippen LogP) is 0.955. The van der Waals surface area contributed by atoms with Crippen molar-refractivity contribution in [1.82, 2.24) is 24.5 Å². The first-order valence-electron chi connectivity index (χ1n) is 10.3. The van der Waals surface area contributed by atoms with Crippen molar-refractivity contribution in [3.8, 4) is 0 Å². The predicted molar refractivity (Wildman–Crippen MR) is 106 cm³/mol. The van der Waals surface area contributed by atoms with Gasteiger partial charge in [-0.15, -0.1) is 0 Å². The highest BCUT2D eigenvalue weighted by molar-refractivity contribution is 5.78. The minimum absolute atomic E-state index is 0.00672. The molecule has 2 amide bonds. The van der Waals surface area contributed by atoms with E-state index in [4.69, 9.17) is 0 Å². The minimum Gasteiger partial charge on any atom is -0.342 e. The summed E-state index contributed by atoms with van der Waals surface area (Å²) in [7, 11) is 0. The van der Waals surface area contributed by atoms with Gasteiger partial charge in [0.25, 0.3) is 0 Å². The van der Waals surface area contributed by atoms with Crippen molar-refractivity contribution in [2.24, 2.45) is 0 Å². The van der Waals surface area contributed by atoms with Gasteiger partial charge in [-0.2, -0.15) is 5.10 Å². The highest BCUT2D eigenvalue weighted by Crippen LogP contribution is 2.21. The maximum absolute atomic E-state index is 12.6. The average Bonchev–Trinajstić information content (AvgIpc) is 2.86. The van der Waals surface area contributed by atoms with E-state index in [2.05, 4.69) is 10.00 Å². The molecule has 1 aromatic heterocycles. The van der Waals surface area contributed by atoms with E-state index in [0.29, 0.717) is 44.1 Å². The van der Waals surface area contributed by atoms with Crippen LogP contribution >= 0.6 is 0 Å². The quantitative estimate of drug-likeness (QED) is 0.533. The first-order valence-corrected chi connectivity index (χ1v) is 10.3. The van der Waals surface area contributed by atoms with E-state index < -0.39 is 4.92 Å². The molecule has 0 aromatic carbocycles. The van der Waals surface area contributed by atoms with E-state index in [-0.39, 0.29) is 24.0 Å². The molecule has 0 radical (unpaired) electrons. The summed E-state index contributed by atoms with van der Waals surface area (Å²) in [4.78, 5) is 41.6. The zero-order valence-electron chi connectivity index (χ0n) is 17.3. The second-order valence-corrected chi connectivity index (χ2v) is 7.89. The van der Waals surface area contributed by atoms with Gasteiger partial charge >= 0.3 is 5.69 Å². The molecule has 29 heavy (non-hydrogen) atoms. The fourth-order valence-electron chi connectivity index (χ4n) is 4.10. The third-order valence-corrected chi connectivity index (χ3v) is 5.85. The number of hydrogen-bond donors (Lipinski definition) is 0. The Hall–Kier alpha value is -2.49. The fraction of sp³-hybridized carbons (Fsp3) is 0.737. The molecule has 10 nitrogen and oxygen atoms in total. The zero-order chi connectivity index (χ0) is 21.0. The van der Waals surface area contributed by atoms with Crippen LogP contribution in [0, 0.1) is 24.0 Å². The number of aromatic nitrogens is 2. The number of carbonyl (C=O) groups is 2. The van der Waals surface area contributed by atoms with Crippen LogP contribution in [0.4, 0.5) is 5.69 Å². The summed E-state index contributed by atoms with van der Waals surface area (Å²) in [6.07, 6.45) is 4.56. The molecule has 2 aliphatic heterocycles. The van der Waals surface area contributed by atoms with Gasteiger partial charge in [0.15, 0.2) is 0 Å². The van der Waals surface area contributed by atoms with Gasteiger partial charge in [0.05, 0.1) is 11.5 Å². The molecule has 0 atom stereocenters. The molecule has 0 N–H and O–H groups in total. The Bertz CT molecular complexity index is 761. The van der Waals surface area contributed by atoms with Crippen molar-refractivity contribution < 1.29 is 14.5 Å². The lowest BCUT2D eigenvalue weighted by Gasteiger charge is -2.35. The Morgan fingerprint density at radius 2 is 1.45 bits per heavy atom. The molecular formula is C19H30N6O4. The Kier molecular flexibility index (Phi) is 6.83. The number of nitrogens with zero attached hydrogens (tertiary/aromatic N) is 6. The summed E-state index contributed by atoms with van der Waals surface area (Å²) >= 11 is 0. The molecule has 2 saturated heterocycles. The highest BCUT2D eigenvalue weighted by atomic mass is 16.6. The van der Waals surface area contributed by atoms with Crippen LogP contribution in [-0.4, -0.2) is 87.0 Å². The van der Waals surface area contributed by atoms with Gasteiger partial charge in [-0.3, -0.25) is 29.3 Å². The number of aryl methyl sites for hydroxylation is 1. The summed E-state index contributed by atoms with van der Waals surface area (Å²) in [6, 6.07) is 0. The van der Waals surface area contributed by atoms with Gasteiger partial charge in [0.1, 0.15) is 17.9 Å². The molecule has 2 fully saturated rings. The van der Waals surface area contributed by atoms with Crippen molar-refractivity contribution in [2.75, 3.05) is 45.8 Å². The number of nitro groups is 1. The second kappa shape index (κ2) is 9.34. The Morgan fingerprint density at radius 3 is 2.00 bits per heavy atom. The summed E-state index contributed by atoms with van der Waals surface area (Å²) in [5, 5.41) is 15.3. The number of rotatable bonds is 5. The molecule has 3 rings (SSSR count). The monoisotopic (exact) mass is 406 g/mol. The summed E-state index contributed by atoms with van der Waals surface area (Å²) < 4.78 is 1.41. The molecule has 0 spiro atoms. The Morgan fingerprint density at radius 1 is 0.897 bits per heavy atom. The van der Waals surface area contributed by atoms with Crippen molar-refractivity contribution in [1.29, 1.82) is 0 Å². The average molecular weight is 406 g/mol. The van der Waals surface area contributed by atoms with E-state index in [9.17, 15) is 19.7 Å². The molecule has 0 aliphatic carbocycles. The van der Waals surface area contributed by atoms with Crippen molar-refractivity contribution in [3.63, 3.8) is 0 Å². The standard InChI is InChI=1S/C19H30N6O4/c1-15-19(25(28)29)16(2)24(20-15)14-18(27)23-11-9-21(10-12-23)13-17(26)22-7-5-3-4-6-8-22/h3-14H2,1-2H3. The lowest BCUT2D eigenvalue weighted by molar-refractivity contribution is -0.386. The van der Waals surface area contributed by atoms with E-state index >= 15 is 0 Å². The number of likely N-dealkylation sites (tertiary alicyclic amines) is 1. The normalized spacial score (nSPS) is 18.6.